The first-order valence-electron chi connectivity index (χ1n) is 6.46. The maximum absolute atomic E-state index is 12.0. The van der Waals surface area contributed by atoms with Gasteiger partial charge in [0.15, 0.2) is 0 Å². The van der Waals surface area contributed by atoms with E-state index in [2.05, 4.69) is 10.2 Å². The Balaban J connectivity index is 1.87. The Labute approximate surface area is 102 Å². The quantitative estimate of drug-likeness (QED) is 0.870. The van der Waals surface area contributed by atoms with Crippen molar-refractivity contribution in [2.24, 2.45) is 0 Å². The van der Waals surface area contributed by atoms with Crippen LogP contribution in [-0.4, -0.2) is 34.1 Å². The zero-order valence-electron chi connectivity index (χ0n) is 10.8. The van der Waals surface area contributed by atoms with E-state index in [-0.39, 0.29) is 0 Å². The minimum atomic E-state index is 0.296. The first-order valence-corrected chi connectivity index (χ1v) is 6.46. The second-order valence-corrected chi connectivity index (χ2v) is 4.85. The van der Waals surface area contributed by atoms with Crippen LogP contribution < -0.4 is 0 Å². The van der Waals surface area contributed by atoms with Gasteiger partial charge in [-0.3, -0.25) is 9.89 Å². The number of hydrogen-bond donors (Lipinski definition) is 1. The van der Waals surface area contributed by atoms with Crippen molar-refractivity contribution in [2.75, 3.05) is 13.1 Å². The molecular weight excluding hydrogens is 214 g/mol. The number of rotatable bonds is 3. The van der Waals surface area contributed by atoms with Gasteiger partial charge in [0.1, 0.15) is 0 Å². The molecule has 2 heterocycles. The summed E-state index contributed by atoms with van der Waals surface area (Å²) in [6.45, 7) is 5.90. The minimum Gasteiger partial charge on any atom is -0.343 e. The molecule has 0 aliphatic carbocycles. The second kappa shape index (κ2) is 5.34. The number of aromatic nitrogens is 2. The Morgan fingerprint density at radius 1 is 1.29 bits per heavy atom. The molecule has 0 saturated carbocycles. The highest BCUT2D eigenvalue weighted by atomic mass is 16.2. The first kappa shape index (κ1) is 12.1. The lowest BCUT2D eigenvalue weighted by Gasteiger charge is -2.26. The number of nitrogens with zero attached hydrogens (tertiary/aromatic N) is 2. The third kappa shape index (κ3) is 2.87. The third-order valence-corrected chi connectivity index (χ3v) is 3.58. The smallest absolute Gasteiger partial charge is 0.222 e. The summed E-state index contributed by atoms with van der Waals surface area (Å²) in [5, 5.41) is 7.12. The van der Waals surface area contributed by atoms with Gasteiger partial charge in [-0.15, -0.1) is 0 Å². The number of carbonyl (C=O) groups is 1. The van der Waals surface area contributed by atoms with Crippen LogP contribution in [0.1, 0.15) is 42.6 Å². The van der Waals surface area contributed by atoms with Crippen LogP contribution in [0.25, 0.3) is 0 Å². The van der Waals surface area contributed by atoms with Gasteiger partial charge in [-0.2, -0.15) is 5.10 Å². The maximum Gasteiger partial charge on any atom is 0.222 e. The Morgan fingerprint density at radius 2 is 2.00 bits per heavy atom. The number of piperidine rings is 1. The molecule has 17 heavy (non-hydrogen) atoms. The topological polar surface area (TPSA) is 49.0 Å². The Bertz CT molecular complexity index is 372. The van der Waals surface area contributed by atoms with E-state index in [1.54, 1.807) is 0 Å². The van der Waals surface area contributed by atoms with Crippen molar-refractivity contribution in [1.82, 2.24) is 15.1 Å². The van der Waals surface area contributed by atoms with E-state index in [9.17, 15) is 4.79 Å². The molecule has 1 aromatic rings. The average Bonchev–Trinajstić information content (AvgIpc) is 2.67. The summed E-state index contributed by atoms with van der Waals surface area (Å²) < 4.78 is 0. The fourth-order valence-electron chi connectivity index (χ4n) is 2.48. The van der Waals surface area contributed by atoms with E-state index in [1.165, 1.54) is 12.0 Å². The fraction of sp³-hybridized carbons (Fsp3) is 0.692. The first-order chi connectivity index (χ1) is 8.18. The number of aromatic amines is 1. The zero-order chi connectivity index (χ0) is 12.3. The van der Waals surface area contributed by atoms with Gasteiger partial charge in [0.2, 0.25) is 5.91 Å². The summed E-state index contributed by atoms with van der Waals surface area (Å²) in [4.78, 5) is 14.0. The zero-order valence-corrected chi connectivity index (χ0v) is 10.8. The molecule has 1 aromatic heterocycles. The number of hydrogen-bond acceptors (Lipinski definition) is 2. The van der Waals surface area contributed by atoms with Crippen LogP contribution >= 0.6 is 0 Å². The number of aryl methyl sites for hydroxylation is 2. The molecule has 1 N–H and O–H groups in total. The van der Waals surface area contributed by atoms with Gasteiger partial charge in [-0.05, 0) is 45.1 Å². The van der Waals surface area contributed by atoms with Gasteiger partial charge in [0, 0.05) is 25.2 Å². The van der Waals surface area contributed by atoms with E-state index in [4.69, 9.17) is 0 Å². The summed E-state index contributed by atoms with van der Waals surface area (Å²) in [5.41, 5.74) is 3.32. The third-order valence-electron chi connectivity index (χ3n) is 3.58. The van der Waals surface area contributed by atoms with Crippen molar-refractivity contribution in [3.63, 3.8) is 0 Å². The molecule has 0 bridgehead atoms. The van der Waals surface area contributed by atoms with Gasteiger partial charge in [0.05, 0.1) is 5.69 Å². The average molecular weight is 235 g/mol. The molecule has 94 valence electrons. The molecule has 0 unspecified atom stereocenters. The summed E-state index contributed by atoms with van der Waals surface area (Å²) >= 11 is 0. The van der Waals surface area contributed by atoms with Gasteiger partial charge in [0.25, 0.3) is 0 Å². The number of H-pyrrole nitrogens is 1. The molecule has 4 heteroatoms. The molecule has 1 amide bonds. The Morgan fingerprint density at radius 3 is 2.59 bits per heavy atom. The lowest BCUT2D eigenvalue weighted by Crippen LogP contribution is -2.35. The molecule has 1 aliphatic heterocycles. The van der Waals surface area contributed by atoms with Crippen molar-refractivity contribution in [2.45, 2.75) is 46.0 Å². The standard InChI is InChI=1S/C13H21N3O/c1-10-12(11(2)15-14-10)6-7-13(17)16-8-4-3-5-9-16/h3-9H2,1-2H3,(H,14,15). The van der Waals surface area contributed by atoms with Crippen molar-refractivity contribution in [3.8, 4) is 0 Å². The molecule has 4 nitrogen and oxygen atoms in total. The van der Waals surface area contributed by atoms with Gasteiger partial charge in [-0.25, -0.2) is 0 Å². The van der Waals surface area contributed by atoms with Crippen molar-refractivity contribution in [3.05, 3.63) is 17.0 Å². The predicted molar refractivity (Wildman–Crippen MR) is 66.8 cm³/mol. The minimum absolute atomic E-state index is 0.296. The van der Waals surface area contributed by atoms with Gasteiger partial charge < -0.3 is 4.90 Å². The molecule has 0 spiro atoms. The summed E-state index contributed by atoms with van der Waals surface area (Å²) in [6.07, 6.45) is 5.01. The lowest BCUT2D eigenvalue weighted by molar-refractivity contribution is -0.132. The Hall–Kier alpha value is -1.32. The van der Waals surface area contributed by atoms with E-state index in [1.807, 2.05) is 18.7 Å². The molecule has 2 rings (SSSR count). The second-order valence-electron chi connectivity index (χ2n) is 4.85. The van der Waals surface area contributed by atoms with Crippen LogP contribution in [0.4, 0.5) is 0 Å². The SMILES string of the molecule is Cc1n[nH]c(C)c1CCC(=O)N1CCCCC1. The molecule has 0 aromatic carbocycles. The van der Waals surface area contributed by atoms with Crippen LogP contribution in [0, 0.1) is 13.8 Å². The van der Waals surface area contributed by atoms with E-state index < -0.39 is 0 Å². The van der Waals surface area contributed by atoms with Gasteiger partial charge >= 0.3 is 0 Å². The molecule has 1 aliphatic rings. The van der Waals surface area contributed by atoms with Crippen LogP contribution in [0.5, 0.6) is 0 Å². The molecular formula is C13H21N3O. The monoisotopic (exact) mass is 235 g/mol. The van der Waals surface area contributed by atoms with Crippen molar-refractivity contribution < 1.29 is 4.79 Å². The van der Waals surface area contributed by atoms with Crippen LogP contribution in [0.15, 0.2) is 0 Å². The number of nitrogens with one attached hydrogen (secondary N) is 1. The molecule has 1 saturated heterocycles. The van der Waals surface area contributed by atoms with E-state index in [0.29, 0.717) is 12.3 Å². The highest BCUT2D eigenvalue weighted by molar-refractivity contribution is 5.76. The number of likely N-dealkylation sites (tertiary alicyclic amines) is 1. The largest absolute Gasteiger partial charge is 0.343 e. The van der Waals surface area contributed by atoms with Crippen LogP contribution in [0.2, 0.25) is 0 Å². The molecule has 1 fully saturated rings. The van der Waals surface area contributed by atoms with Crippen molar-refractivity contribution >= 4 is 5.91 Å². The van der Waals surface area contributed by atoms with E-state index >= 15 is 0 Å². The van der Waals surface area contributed by atoms with Crippen LogP contribution in [-0.2, 0) is 11.2 Å². The highest BCUT2D eigenvalue weighted by Crippen LogP contribution is 2.14. The number of amides is 1. The fourth-order valence-corrected chi connectivity index (χ4v) is 2.48. The Kier molecular flexibility index (Phi) is 3.82. The molecule has 0 radical (unpaired) electrons. The summed E-state index contributed by atoms with van der Waals surface area (Å²) in [5.74, 6) is 0.296. The van der Waals surface area contributed by atoms with Gasteiger partial charge in [-0.1, -0.05) is 0 Å². The predicted octanol–water partition coefficient (Wildman–Crippen LogP) is 1.97. The normalized spacial score (nSPS) is 16.2. The number of carbonyl (C=O) groups excluding carboxylic acids is 1. The van der Waals surface area contributed by atoms with E-state index in [0.717, 1.165) is 43.7 Å². The maximum atomic E-state index is 12.0. The highest BCUT2D eigenvalue weighted by Gasteiger charge is 2.17. The summed E-state index contributed by atoms with van der Waals surface area (Å²) in [7, 11) is 0. The summed E-state index contributed by atoms with van der Waals surface area (Å²) in [6, 6.07) is 0. The lowest BCUT2D eigenvalue weighted by atomic mass is 10.1. The molecule has 0 atom stereocenters. The van der Waals surface area contributed by atoms with Crippen LogP contribution in [0.3, 0.4) is 0 Å². The van der Waals surface area contributed by atoms with Crippen molar-refractivity contribution in [1.29, 1.82) is 0 Å².